The first-order valence-electron chi connectivity index (χ1n) is 13.3. The minimum atomic E-state index is -2.74. The fourth-order valence-electron chi connectivity index (χ4n) is 4.94. The van der Waals surface area contributed by atoms with Gasteiger partial charge in [-0.1, -0.05) is 18.2 Å². The number of carbonyl (C=O) groups excluding carboxylic acids is 1. The molecule has 2 atom stereocenters. The molecule has 9 nitrogen and oxygen atoms in total. The van der Waals surface area contributed by atoms with E-state index in [1.807, 2.05) is 12.1 Å². The van der Waals surface area contributed by atoms with Crippen molar-refractivity contribution in [1.82, 2.24) is 24.9 Å². The molecular weight excluding hydrogens is 549 g/mol. The minimum Gasteiger partial charge on any atom is -0.470 e. The number of aromatic nitrogens is 5. The van der Waals surface area contributed by atoms with Gasteiger partial charge in [-0.05, 0) is 42.0 Å². The molecule has 0 radical (unpaired) electrons. The van der Waals surface area contributed by atoms with Crippen LogP contribution in [0.15, 0.2) is 73.3 Å². The molecule has 12 heteroatoms. The summed E-state index contributed by atoms with van der Waals surface area (Å²) >= 11 is 0. The summed E-state index contributed by atoms with van der Waals surface area (Å²) in [6.07, 6.45) is 1.72. The lowest BCUT2D eigenvalue weighted by Crippen LogP contribution is -2.23. The van der Waals surface area contributed by atoms with E-state index >= 15 is 0 Å². The van der Waals surface area contributed by atoms with Gasteiger partial charge in [0.15, 0.2) is 0 Å². The van der Waals surface area contributed by atoms with Gasteiger partial charge < -0.3 is 19.8 Å². The molecule has 1 aliphatic rings. The number of nitrogens with zero attached hydrogens (tertiary/aromatic N) is 4. The van der Waals surface area contributed by atoms with Gasteiger partial charge in [0.25, 0.3) is 0 Å². The summed E-state index contributed by atoms with van der Waals surface area (Å²) < 4.78 is 51.8. The van der Waals surface area contributed by atoms with Gasteiger partial charge in [0.1, 0.15) is 35.1 Å². The van der Waals surface area contributed by atoms with Crippen LogP contribution in [0.3, 0.4) is 0 Å². The van der Waals surface area contributed by atoms with E-state index in [2.05, 4.69) is 30.2 Å². The Morgan fingerprint density at radius 1 is 1.07 bits per heavy atom. The lowest BCUT2D eigenvalue weighted by Gasteiger charge is -2.17. The molecule has 1 aliphatic heterocycles. The number of rotatable bonds is 9. The van der Waals surface area contributed by atoms with Crippen molar-refractivity contribution in [2.45, 2.75) is 31.3 Å². The van der Waals surface area contributed by atoms with Crippen molar-refractivity contribution in [3.05, 3.63) is 84.7 Å². The number of benzene rings is 1. The maximum atomic E-state index is 13.4. The van der Waals surface area contributed by atoms with E-state index in [4.69, 9.17) is 9.47 Å². The number of fused-ring (bicyclic) bond motifs is 1. The molecule has 1 amide bonds. The number of H-pyrrole nitrogens is 1. The molecule has 4 aromatic heterocycles. The van der Waals surface area contributed by atoms with Gasteiger partial charge in [0.05, 0.1) is 36.1 Å². The monoisotopic (exact) mass is 574 g/mol. The number of alkyl halides is 2. The highest BCUT2D eigenvalue weighted by molar-refractivity contribution is 6.02. The zero-order valence-electron chi connectivity index (χ0n) is 22.1. The predicted octanol–water partition coefficient (Wildman–Crippen LogP) is 5.77. The maximum Gasteiger partial charge on any atom is 0.241 e. The van der Waals surface area contributed by atoms with E-state index in [9.17, 15) is 18.0 Å². The Morgan fingerprint density at radius 2 is 1.93 bits per heavy atom. The second kappa shape index (κ2) is 12.0. The van der Waals surface area contributed by atoms with Crippen molar-refractivity contribution >= 4 is 22.8 Å². The Labute approximate surface area is 238 Å². The molecule has 0 unspecified atom stereocenters. The number of hydrogen-bond acceptors (Lipinski definition) is 7. The van der Waals surface area contributed by atoms with Crippen molar-refractivity contribution < 1.29 is 27.4 Å². The molecule has 0 bridgehead atoms. The number of carbonyl (C=O) groups is 1. The molecule has 0 aliphatic carbocycles. The lowest BCUT2D eigenvalue weighted by molar-refractivity contribution is -0.118. The van der Waals surface area contributed by atoms with Crippen LogP contribution >= 0.6 is 0 Å². The van der Waals surface area contributed by atoms with Crippen LogP contribution in [-0.2, 0) is 9.53 Å². The minimum absolute atomic E-state index is 0.141. The number of ether oxygens (including phenoxy) is 2. The predicted molar refractivity (Wildman–Crippen MR) is 149 cm³/mol. The van der Waals surface area contributed by atoms with Crippen LogP contribution in [-0.4, -0.2) is 56.6 Å². The van der Waals surface area contributed by atoms with Crippen LogP contribution < -0.4 is 10.1 Å². The van der Waals surface area contributed by atoms with Crippen LogP contribution in [0.25, 0.3) is 33.5 Å². The number of nitrogens with one attached hydrogen (secondary N) is 2. The number of halogens is 3. The van der Waals surface area contributed by atoms with Crippen molar-refractivity contribution in [2.75, 3.05) is 18.5 Å². The first-order valence-corrected chi connectivity index (χ1v) is 13.3. The smallest absolute Gasteiger partial charge is 0.241 e. The van der Waals surface area contributed by atoms with Crippen LogP contribution in [0.5, 0.6) is 5.88 Å². The quantitative estimate of drug-likeness (QED) is 0.230. The van der Waals surface area contributed by atoms with Gasteiger partial charge >= 0.3 is 0 Å². The number of aromatic amines is 1. The SMILES string of the molecule is O=C(Nc1cc(-c2[nH]c3c(O[C@H]4CCOC4)ncnc3c2-c2ccccn2)ccn1)[C@@H](CC(F)F)c1ccc(F)cc1. The standard InChI is InChI=1S/C30H25F3N6O3/c31-19-6-4-17(5-7-19)21(14-23(32)33)29(40)38-24-13-18(8-11-35-24)26-25(22-3-1-2-10-34-22)27-28(39-26)30(37-16-36-27)42-20-9-12-41-15-20/h1-8,10-11,13,16,20-21,23,39H,9,12,14-15H2,(H,35,38,40)/t20-,21-/m0/s1. The largest absolute Gasteiger partial charge is 0.470 e. The average molecular weight is 575 g/mol. The molecule has 2 N–H and O–H groups in total. The van der Waals surface area contributed by atoms with Crippen molar-refractivity contribution in [3.8, 4) is 28.4 Å². The van der Waals surface area contributed by atoms with Crippen LogP contribution in [0, 0.1) is 5.82 Å². The second-order valence-electron chi connectivity index (χ2n) is 9.75. The summed E-state index contributed by atoms with van der Waals surface area (Å²) in [4.78, 5) is 34.2. The highest BCUT2D eigenvalue weighted by Gasteiger charge is 2.27. The Hall–Kier alpha value is -4.84. The van der Waals surface area contributed by atoms with Gasteiger partial charge in [-0.3, -0.25) is 9.78 Å². The molecule has 5 heterocycles. The van der Waals surface area contributed by atoms with Crippen molar-refractivity contribution in [3.63, 3.8) is 0 Å². The van der Waals surface area contributed by atoms with Crippen LogP contribution in [0.4, 0.5) is 19.0 Å². The van der Waals surface area contributed by atoms with Crippen LogP contribution in [0.2, 0.25) is 0 Å². The molecule has 214 valence electrons. The third kappa shape index (κ3) is 5.79. The van der Waals surface area contributed by atoms with E-state index < -0.39 is 30.5 Å². The summed E-state index contributed by atoms with van der Waals surface area (Å²) in [6, 6.07) is 13.8. The molecule has 1 fully saturated rings. The first-order chi connectivity index (χ1) is 20.5. The highest BCUT2D eigenvalue weighted by Crippen LogP contribution is 2.39. The summed E-state index contributed by atoms with van der Waals surface area (Å²) in [5.74, 6) is -1.90. The van der Waals surface area contributed by atoms with E-state index in [-0.39, 0.29) is 17.5 Å². The molecule has 42 heavy (non-hydrogen) atoms. The van der Waals surface area contributed by atoms with Gasteiger partial charge in [-0.25, -0.2) is 23.1 Å². The summed E-state index contributed by atoms with van der Waals surface area (Å²) in [5.41, 5.74) is 4.00. The van der Waals surface area contributed by atoms with Gasteiger partial charge in [-0.15, -0.1) is 0 Å². The Balaban J connectivity index is 1.37. The van der Waals surface area contributed by atoms with E-state index in [1.165, 1.54) is 24.7 Å². The van der Waals surface area contributed by atoms with Gasteiger partial charge in [0, 0.05) is 30.8 Å². The summed E-state index contributed by atoms with van der Waals surface area (Å²) in [7, 11) is 0. The van der Waals surface area contributed by atoms with E-state index in [0.717, 1.165) is 18.6 Å². The molecule has 0 spiro atoms. The highest BCUT2D eigenvalue weighted by atomic mass is 19.3. The number of hydrogen-bond donors (Lipinski definition) is 2. The fourth-order valence-corrected chi connectivity index (χ4v) is 4.94. The molecule has 6 rings (SSSR count). The van der Waals surface area contributed by atoms with Crippen molar-refractivity contribution in [2.24, 2.45) is 0 Å². The number of pyridine rings is 2. The molecule has 1 saturated heterocycles. The van der Waals surface area contributed by atoms with Gasteiger partial charge in [0.2, 0.25) is 18.2 Å². The topological polar surface area (TPSA) is 115 Å². The Kier molecular flexibility index (Phi) is 7.78. The molecule has 5 aromatic rings. The fraction of sp³-hybridized carbons (Fsp3) is 0.233. The normalized spacial score (nSPS) is 15.7. The van der Waals surface area contributed by atoms with E-state index in [1.54, 1.807) is 24.4 Å². The Morgan fingerprint density at radius 3 is 2.67 bits per heavy atom. The van der Waals surface area contributed by atoms with Gasteiger partial charge in [-0.2, -0.15) is 4.98 Å². The maximum absolute atomic E-state index is 13.4. The Bertz CT molecular complexity index is 1690. The second-order valence-corrected chi connectivity index (χ2v) is 9.75. The zero-order valence-corrected chi connectivity index (χ0v) is 22.1. The molecule has 0 saturated carbocycles. The number of amides is 1. The third-order valence-electron chi connectivity index (χ3n) is 6.94. The zero-order chi connectivity index (χ0) is 29.1. The summed E-state index contributed by atoms with van der Waals surface area (Å²) in [5, 5.41) is 2.65. The van der Waals surface area contributed by atoms with Crippen molar-refractivity contribution in [1.29, 1.82) is 0 Å². The average Bonchev–Trinajstić information content (AvgIpc) is 3.65. The lowest BCUT2D eigenvalue weighted by atomic mass is 9.95. The van der Waals surface area contributed by atoms with Crippen LogP contribution in [0.1, 0.15) is 24.3 Å². The van der Waals surface area contributed by atoms with E-state index in [0.29, 0.717) is 52.6 Å². The molecule has 1 aromatic carbocycles. The number of anilines is 1. The first kappa shape index (κ1) is 27.3. The molecular formula is C30H25F3N6O3. The summed E-state index contributed by atoms with van der Waals surface area (Å²) in [6.45, 7) is 1.07. The third-order valence-corrected chi connectivity index (χ3v) is 6.94.